The zero-order valence-corrected chi connectivity index (χ0v) is 19.8. The molecule has 0 aliphatic carbocycles. The first kappa shape index (κ1) is 23.5. The highest BCUT2D eigenvalue weighted by Gasteiger charge is 2.33. The van der Waals surface area contributed by atoms with Crippen molar-refractivity contribution in [3.8, 4) is 11.5 Å². The molecule has 0 saturated carbocycles. The number of nitrogens with one attached hydrogen (secondary N) is 1. The normalized spacial score (nSPS) is 18.3. The maximum absolute atomic E-state index is 13.2. The number of piperazine rings is 1. The second-order valence-corrected chi connectivity index (χ2v) is 10.6. The van der Waals surface area contributed by atoms with Gasteiger partial charge in [-0.3, -0.25) is 14.5 Å². The number of fused-ring (bicyclic) bond motifs is 1. The number of anilines is 1. The van der Waals surface area contributed by atoms with Gasteiger partial charge < -0.3 is 20.5 Å². The highest BCUT2D eigenvalue weighted by atomic mass is 32.2. The topological polar surface area (TPSA) is 131 Å². The highest BCUT2D eigenvalue weighted by Crippen LogP contribution is 2.33. The minimum Gasteiger partial charge on any atom is -0.490 e. The second kappa shape index (κ2) is 9.67. The van der Waals surface area contributed by atoms with Crippen LogP contribution < -0.4 is 20.5 Å². The van der Waals surface area contributed by atoms with Crippen LogP contribution in [0.2, 0.25) is 0 Å². The fourth-order valence-electron chi connectivity index (χ4n) is 3.77. The van der Waals surface area contributed by atoms with Gasteiger partial charge >= 0.3 is 0 Å². The molecule has 0 radical (unpaired) electrons. The third kappa shape index (κ3) is 4.98. The zero-order valence-electron chi connectivity index (χ0n) is 18.2. The first-order valence-corrected chi connectivity index (χ1v) is 12.9. The molecule has 1 unspecified atom stereocenters. The molecule has 2 aliphatic rings. The average molecular weight is 495 g/mol. The third-order valence-corrected chi connectivity index (χ3v) is 8.45. The van der Waals surface area contributed by atoms with Crippen LogP contribution in [0, 0.1) is 0 Å². The van der Waals surface area contributed by atoms with Crippen molar-refractivity contribution < 1.29 is 27.5 Å². The van der Waals surface area contributed by atoms with Crippen molar-refractivity contribution in [2.45, 2.75) is 24.3 Å². The van der Waals surface area contributed by atoms with Gasteiger partial charge in [0.15, 0.2) is 11.5 Å². The summed E-state index contributed by atoms with van der Waals surface area (Å²) in [6.07, 6.45) is 0.737. The summed E-state index contributed by atoms with van der Waals surface area (Å²) in [5.74, 6) is 0.0923. The SMILES string of the molecule is CC(C(=O)Nc1sccc1C(N)=O)N1CCN(S(=O)(=O)c2ccc3c(c2)OCCCO3)CC1. The van der Waals surface area contributed by atoms with Crippen LogP contribution in [-0.2, 0) is 14.8 Å². The minimum absolute atomic E-state index is 0.155. The van der Waals surface area contributed by atoms with E-state index in [-0.39, 0.29) is 29.5 Å². The van der Waals surface area contributed by atoms with E-state index >= 15 is 0 Å². The molecule has 0 bridgehead atoms. The average Bonchev–Trinajstić information content (AvgIpc) is 3.14. The number of carbonyl (C=O) groups is 2. The number of carbonyl (C=O) groups excluding carboxylic acids is 2. The van der Waals surface area contributed by atoms with Gasteiger partial charge in [0.25, 0.3) is 5.91 Å². The Morgan fingerprint density at radius 3 is 2.48 bits per heavy atom. The second-order valence-electron chi connectivity index (χ2n) is 7.79. The Kier molecular flexibility index (Phi) is 6.88. The van der Waals surface area contributed by atoms with E-state index in [4.69, 9.17) is 15.2 Å². The highest BCUT2D eigenvalue weighted by molar-refractivity contribution is 7.89. The van der Waals surface area contributed by atoms with Crippen LogP contribution in [0.5, 0.6) is 11.5 Å². The Labute approximate surface area is 196 Å². The Bertz CT molecular complexity index is 1140. The lowest BCUT2D eigenvalue weighted by atomic mass is 10.2. The Balaban J connectivity index is 1.38. The molecule has 12 heteroatoms. The van der Waals surface area contributed by atoms with Crippen LogP contribution in [0.4, 0.5) is 5.00 Å². The molecule has 2 aliphatic heterocycles. The standard InChI is InChI=1S/C21H26N4O6S2/c1-14(20(27)23-21-16(19(22)26)5-12-32-21)24-6-8-25(9-7-24)33(28,29)15-3-4-17-18(13-15)31-11-2-10-30-17/h3-5,12-14H,2,6-11H2,1H3,(H2,22,26)(H,23,27). The van der Waals surface area contributed by atoms with Crippen LogP contribution >= 0.6 is 11.3 Å². The zero-order chi connectivity index (χ0) is 23.6. The van der Waals surface area contributed by atoms with Crippen molar-refractivity contribution in [3.63, 3.8) is 0 Å². The van der Waals surface area contributed by atoms with E-state index in [0.717, 1.165) is 6.42 Å². The van der Waals surface area contributed by atoms with Crippen LogP contribution in [0.3, 0.4) is 0 Å². The van der Waals surface area contributed by atoms with Crippen LogP contribution in [0.25, 0.3) is 0 Å². The van der Waals surface area contributed by atoms with Gasteiger partial charge in [0.2, 0.25) is 15.9 Å². The van der Waals surface area contributed by atoms with E-state index in [9.17, 15) is 18.0 Å². The molecule has 33 heavy (non-hydrogen) atoms. The number of sulfonamides is 1. The molecule has 1 fully saturated rings. The van der Waals surface area contributed by atoms with Gasteiger partial charge in [0.05, 0.1) is 29.7 Å². The summed E-state index contributed by atoms with van der Waals surface area (Å²) < 4.78 is 39.0. The van der Waals surface area contributed by atoms with E-state index in [0.29, 0.717) is 42.8 Å². The number of hydrogen-bond acceptors (Lipinski definition) is 8. The molecule has 1 atom stereocenters. The summed E-state index contributed by atoms with van der Waals surface area (Å²) in [5, 5.41) is 4.85. The van der Waals surface area contributed by atoms with Gasteiger partial charge in [-0.05, 0) is 30.5 Å². The van der Waals surface area contributed by atoms with E-state index < -0.39 is 22.0 Å². The molecule has 2 amide bonds. The fraction of sp³-hybridized carbons (Fsp3) is 0.429. The van der Waals surface area contributed by atoms with Crippen LogP contribution in [0.15, 0.2) is 34.5 Å². The molecule has 178 valence electrons. The number of primary amides is 1. The number of nitrogens with two attached hydrogens (primary N) is 1. The van der Waals surface area contributed by atoms with Gasteiger partial charge in [-0.25, -0.2) is 8.42 Å². The number of amides is 2. The van der Waals surface area contributed by atoms with Gasteiger partial charge in [0, 0.05) is 38.7 Å². The van der Waals surface area contributed by atoms with E-state index in [1.807, 2.05) is 4.90 Å². The predicted molar refractivity (Wildman–Crippen MR) is 123 cm³/mol. The number of nitrogens with zero attached hydrogens (tertiary/aromatic N) is 2. The van der Waals surface area contributed by atoms with E-state index in [1.54, 1.807) is 24.4 Å². The maximum Gasteiger partial charge on any atom is 0.251 e. The Hall–Kier alpha value is -2.67. The maximum atomic E-state index is 13.2. The molecule has 1 aromatic carbocycles. The van der Waals surface area contributed by atoms with Crippen molar-refractivity contribution >= 4 is 38.2 Å². The van der Waals surface area contributed by atoms with Gasteiger partial charge in [-0.1, -0.05) is 0 Å². The summed E-state index contributed by atoms with van der Waals surface area (Å²) in [6, 6.07) is 5.73. The number of benzene rings is 1. The quantitative estimate of drug-likeness (QED) is 0.620. The predicted octanol–water partition coefficient (Wildman–Crippen LogP) is 1.34. The molecule has 1 aromatic heterocycles. The fourth-order valence-corrected chi connectivity index (χ4v) is 6.00. The van der Waals surface area contributed by atoms with Crippen molar-refractivity contribution in [1.29, 1.82) is 0 Å². The monoisotopic (exact) mass is 494 g/mol. The van der Waals surface area contributed by atoms with Crippen LogP contribution in [0.1, 0.15) is 23.7 Å². The van der Waals surface area contributed by atoms with E-state index in [1.165, 1.54) is 27.8 Å². The third-order valence-electron chi connectivity index (χ3n) is 5.72. The number of ether oxygens (including phenoxy) is 2. The lowest BCUT2D eigenvalue weighted by Gasteiger charge is -2.36. The molecule has 3 heterocycles. The Morgan fingerprint density at radius 2 is 1.79 bits per heavy atom. The van der Waals surface area contributed by atoms with Crippen LogP contribution in [-0.4, -0.2) is 74.9 Å². The first-order valence-electron chi connectivity index (χ1n) is 10.6. The summed E-state index contributed by atoms with van der Waals surface area (Å²) >= 11 is 1.22. The molecule has 1 saturated heterocycles. The van der Waals surface area contributed by atoms with E-state index in [2.05, 4.69) is 5.32 Å². The number of rotatable bonds is 6. The molecule has 3 N–H and O–H groups in total. The number of hydrogen-bond donors (Lipinski definition) is 2. The lowest BCUT2D eigenvalue weighted by Crippen LogP contribution is -2.53. The van der Waals surface area contributed by atoms with Crippen molar-refractivity contribution in [3.05, 3.63) is 35.2 Å². The number of thiophene rings is 1. The molecular weight excluding hydrogens is 468 g/mol. The van der Waals surface area contributed by atoms with Gasteiger partial charge in [-0.15, -0.1) is 11.3 Å². The molecule has 0 spiro atoms. The molecule has 4 rings (SSSR count). The van der Waals surface area contributed by atoms with Crippen molar-refractivity contribution in [1.82, 2.24) is 9.21 Å². The largest absolute Gasteiger partial charge is 0.490 e. The summed E-state index contributed by atoms with van der Waals surface area (Å²) in [5.41, 5.74) is 5.60. The summed E-state index contributed by atoms with van der Waals surface area (Å²) in [7, 11) is -3.71. The van der Waals surface area contributed by atoms with Crippen molar-refractivity contribution in [2.75, 3.05) is 44.7 Å². The van der Waals surface area contributed by atoms with Gasteiger partial charge in [0.1, 0.15) is 5.00 Å². The summed E-state index contributed by atoms with van der Waals surface area (Å²) in [4.78, 5) is 26.2. The lowest BCUT2D eigenvalue weighted by molar-refractivity contribution is -0.121. The molecule has 2 aromatic rings. The first-order chi connectivity index (χ1) is 15.8. The smallest absolute Gasteiger partial charge is 0.251 e. The van der Waals surface area contributed by atoms with Gasteiger partial charge in [-0.2, -0.15) is 4.31 Å². The molecular formula is C21H26N4O6S2. The minimum atomic E-state index is -3.71. The molecule has 10 nitrogen and oxygen atoms in total. The van der Waals surface area contributed by atoms with Crippen molar-refractivity contribution in [2.24, 2.45) is 5.73 Å². The summed E-state index contributed by atoms with van der Waals surface area (Å²) in [6.45, 7) is 4.04. The Morgan fingerprint density at radius 1 is 1.09 bits per heavy atom.